The molecule has 3 rings (SSSR count). The van der Waals surface area contributed by atoms with Crippen LogP contribution in [0.4, 0.5) is 5.13 Å². The number of thioether (sulfide) groups is 1. The summed E-state index contributed by atoms with van der Waals surface area (Å²) in [7, 11) is -3.77. The monoisotopic (exact) mass is 462 g/mol. The Morgan fingerprint density at radius 2 is 1.63 bits per heavy atom. The molecule has 1 aromatic heterocycles. The molecule has 0 aliphatic rings. The molecule has 2 N–H and O–H groups in total. The Morgan fingerprint density at radius 1 is 1.00 bits per heavy atom. The first-order valence-corrected chi connectivity index (χ1v) is 12.6. The summed E-state index contributed by atoms with van der Waals surface area (Å²) in [5, 5.41) is 10.2. The Hall–Kier alpha value is -2.27. The Bertz CT molecular complexity index is 1100. The van der Waals surface area contributed by atoms with E-state index in [2.05, 4.69) is 44.5 Å². The van der Waals surface area contributed by atoms with E-state index in [4.69, 9.17) is 0 Å². The van der Waals surface area contributed by atoms with Crippen molar-refractivity contribution in [2.75, 3.05) is 17.6 Å². The molecular weight excluding hydrogens is 440 g/mol. The predicted octanol–water partition coefficient (Wildman–Crippen LogP) is 3.62. The number of hydrogen-bond acceptors (Lipinski definition) is 7. The third kappa shape index (κ3) is 6.36. The number of rotatable bonds is 9. The number of nitrogens with zero attached hydrogens (tertiary/aromatic N) is 2. The quantitative estimate of drug-likeness (QED) is 0.372. The first-order valence-electron chi connectivity index (χ1n) is 9.18. The number of aromatic nitrogens is 2. The highest BCUT2D eigenvalue weighted by molar-refractivity contribution is 7.98. The van der Waals surface area contributed by atoms with Gasteiger partial charge in [0.1, 0.15) is 0 Å². The van der Waals surface area contributed by atoms with E-state index < -0.39 is 10.0 Å². The summed E-state index contributed by atoms with van der Waals surface area (Å²) >= 11 is 2.46. The lowest BCUT2D eigenvalue weighted by Gasteiger charge is -2.04. The zero-order chi connectivity index (χ0) is 21.6. The zero-order valence-electron chi connectivity index (χ0n) is 16.6. The van der Waals surface area contributed by atoms with Crippen molar-refractivity contribution in [1.82, 2.24) is 14.9 Å². The smallest absolute Gasteiger partial charge is 0.269 e. The lowest BCUT2D eigenvalue weighted by Crippen LogP contribution is -2.26. The molecule has 0 aliphatic heterocycles. The molecule has 0 saturated heterocycles. The van der Waals surface area contributed by atoms with Crippen molar-refractivity contribution in [3.63, 3.8) is 0 Å². The van der Waals surface area contributed by atoms with Gasteiger partial charge in [-0.15, -0.1) is 10.2 Å². The molecule has 158 valence electrons. The second-order valence-electron chi connectivity index (χ2n) is 6.63. The van der Waals surface area contributed by atoms with Crippen LogP contribution in [-0.4, -0.2) is 36.8 Å². The van der Waals surface area contributed by atoms with Gasteiger partial charge < -0.3 is 0 Å². The van der Waals surface area contributed by atoms with E-state index in [1.54, 1.807) is 23.9 Å². The average molecular weight is 463 g/mol. The normalized spacial score (nSPS) is 11.4. The molecule has 0 bridgehead atoms. The van der Waals surface area contributed by atoms with Gasteiger partial charge in [0.15, 0.2) is 0 Å². The van der Waals surface area contributed by atoms with Crippen LogP contribution in [-0.2, 0) is 15.8 Å². The second kappa shape index (κ2) is 10.2. The zero-order valence-corrected chi connectivity index (χ0v) is 19.0. The fourth-order valence-corrected chi connectivity index (χ4v) is 5.34. The van der Waals surface area contributed by atoms with E-state index in [-0.39, 0.29) is 21.9 Å². The minimum atomic E-state index is -3.77. The standard InChI is InChI=1S/C20H22N4O3S3/c1-14-3-7-16(8-4-14)13-28-12-11-21-30(26,27)20-24-23-19(29-20)22-18(25)17-9-5-15(2)6-10-17/h3-10,21H,11-13H2,1-2H3,(H,22,23,25). The van der Waals surface area contributed by atoms with Crippen LogP contribution in [0.2, 0.25) is 0 Å². The van der Waals surface area contributed by atoms with Crippen molar-refractivity contribution < 1.29 is 13.2 Å². The maximum absolute atomic E-state index is 12.4. The van der Waals surface area contributed by atoms with Crippen LogP contribution in [0.3, 0.4) is 0 Å². The van der Waals surface area contributed by atoms with Crippen LogP contribution in [0.25, 0.3) is 0 Å². The molecule has 30 heavy (non-hydrogen) atoms. The Balaban J connectivity index is 1.47. The van der Waals surface area contributed by atoms with E-state index in [1.165, 1.54) is 11.1 Å². The minimum absolute atomic E-state index is 0.134. The predicted molar refractivity (Wildman–Crippen MR) is 122 cm³/mol. The molecule has 0 fully saturated rings. The van der Waals surface area contributed by atoms with Gasteiger partial charge in [-0.05, 0) is 31.5 Å². The highest BCUT2D eigenvalue weighted by Gasteiger charge is 2.20. The van der Waals surface area contributed by atoms with Crippen LogP contribution in [0.15, 0.2) is 52.9 Å². The van der Waals surface area contributed by atoms with Crippen molar-refractivity contribution >= 4 is 44.2 Å². The molecule has 1 heterocycles. The number of sulfonamides is 1. The van der Waals surface area contributed by atoms with E-state index in [0.717, 1.165) is 22.7 Å². The summed E-state index contributed by atoms with van der Waals surface area (Å²) in [5.41, 5.74) is 3.91. The molecular formula is C20H22N4O3S3. The third-order valence-corrected chi connectivity index (χ3v) is 7.80. The molecule has 0 aliphatic carbocycles. The number of aryl methyl sites for hydroxylation is 2. The van der Waals surface area contributed by atoms with Crippen LogP contribution in [0, 0.1) is 13.8 Å². The van der Waals surface area contributed by atoms with Gasteiger partial charge in [0.2, 0.25) is 9.47 Å². The molecule has 7 nitrogen and oxygen atoms in total. The molecule has 0 radical (unpaired) electrons. The maximum atomic E-state index is 12.4. The first-order chi connectivity index (χ1) is 14.3. The van der Waals surface area contributed by atoms with Crippen LogP contribution < -0.4 is 10.0 Å². The molecule has 3 aromatic rings. The van der Waals surface area contributed by atoms with Gasteiger partial charge in [-0.2, -0.15) is 11.8 Å². The lowest BCUT2D eigenvalue weighted by atomic mass is 10.1. The van der Waals surface area contributed by atoms with Gasteiger partial charge in [-0.25, -0.2) is 13.1 Å². The third-order valence-electron chi connectivity index (χ3n) is 4.10. The highest BCUT2D eigenvalue weighted by atomic mass is 32.2. The first kappa shape index (κ1) is 22.4. The fraction of sp³-hybridized carbons (Fsp3) is 0.250. The Morgan fingerprint density at radius 3 is 2.30 bits per heavy atom. The Kier molecular flexibility index (Phi) is 7.59. The lowest BCUT2D eigenvalue weighted by molar-refractivity contribution is 0.102. The molecule has 0 unspecified atom stereocenters. The summed E-state index contributed by atoms with van der Waals surface area (Å²) in [6.07, 6.45) is 0. The molecule has 1 amide bonds. The van der Waals surface area contributed by atoms with Gasteiger partial charge in [-0.1, -0.05) is 58.9 Å². The van der Waals surface area contributed by atoms with Crippen molar-refractivity contribution in [1.29, 1.82) is 0 Å². The molecule has 0 spiro atoms. The van der Waals surface area contributed by atoms with E-state index in [0.29, 0.717) is 11.3 Å². The maximum Gasteiger partial charge on any atom is 0.269 e. The van der Waals surface area contributed by atoms with Crippen LogP contribution in [0.1, 0.15) is 27.0 Å². The summed E-state index contributed by atoms with van der Waals surface area (Å²) in [6.45, 7) is 4.25. The summed E-state index contributed by atoms with van der Waals surface area (Å²) in [5.74, 6) is 1.08. The van der Waals surface area contributed by atoms with E-state index in [9.17, 15) is 13.2 Å². The van der Waals surface area contributed by atoms with Crippen LogP contribution in [0.5, 0.6) is 0 Å². The number of hydrogen-bond donors (Lipinski definition) is 2. The van der Waals surface area contributed by atoms with Gasteiger partial charge >= 0.3 is 0 Å². The number of nitrogens with one attached hydrogen (secondary N) is 2. The molecule has 10 heteroatoms. The summed E-state index contributed by atoms with van der Waals surface area (Å²) < 4.78 is 27.1. The number of benzene rings is 2. The molecule has 0 atom stereocenters. The summed E-state index contributed by atoms with van der Waals surface area (Å²) in [4.78, 5) is 12.2. The van der Waals surface area contributed by atoms with Crippen molar-refractivity contribution in [2.24, 2.45) is 0 Å². The van der Waals surface area contributed by atoms with Crippen molar-refractivity contribution in [3.8, 4) is 0 Å². The average Bonchev–Trinajstić information content (AvgIpc) is 3.19. The number of carbonyl (C=O) groups is 1. The Labute approximate surface area is 184 Å². The van der Waals surface area contributed by atoms with Crippen LogP contribution >= 0.6 is 23.1 Å². The minimum Gasteiger partial charge on any atom is -0.296 e. The van der Waals surface area contributed by atoms with Gasteiger partial charge in [-0.3, -0.25) is 10.1 Å². The van der Waals surface area contributed by atoms with E-state index in [1.807, 2.05) is 26.0 Å². The largest absolute Gasteiger partial charge is 0.296 e. The van der Waals surface area contributed by atoms with E-state index >= 15 is 0 Å². The fourth-order valence-electron chi connectivity index (χ4n) is 2.43. The summed E-state index contributed by atoms with van der Waals surface area (Å²) in [6, 6.07) is 15.3. The number of carbonyl (C=O) groups excluding carboxylic acids is 1. The second-order valence-corrected chi connectivity index (χ2v) is 10.7. The van der Waals surface area contributed by atoms with Gasteiger partial charge in [0.25, 0.3) is 15.9 Å². The topological polar surface area (TPSA) is 101 Å². The highest BCUT2D eigenvalue weighted by Crippen LogP contribution is 2.20. The number of anilines is 1. The van der Waals surface area contributed by atoms with Crippen molar-refractivity contribution in [3.05, 3.63) is 70.8 Å². The number of amides is 1. The van der Waals surface area contributed by atoms with Gasteiger partial charge in [0.05, 0.1) is 0 Å². The van der Waals surface area contributed by atoms with Crippen molar-refractivity contribution in [2.45, 2.75) is 23.9 Å². The molecule has 0 saturated carbocycles. The van der Waals surface area contributed by atoms with Gasteiger partial charge in [0, 0.05) is 23.6 Å². The SMILES string of the molecule is Cc1ccc(CSCCNS(=O)(=O)c2nnc(NC(=O)c3ccc(C)cc3)s2)cc1. The molecule has 2 aromatic carbocycles.